The molecule has 0 saturated carbocycles. The molecule has 2 aromatic carbocycles. The fourth-order valence-electron chi connectivity index (χ4n) is 5.85. The van der Waals surface area contributed by atoms with Crippen LogP contribution in [0, 0.1) is 45.3 Å². The number of hydrogen-bond donors (Lipinski definition) is 1. The van der Waals surface area contributed by atoms with E-state index in [-0.39, 0.29) is 11.6 Å². The molecule has 1 aromatic heterocycles. The van der Waals surface area contributed by atoms with Crippen LogP contribution in [0.2, 0.25) is 0 Å². The quantitative estimate of drug-likeness (QED) is 0.602. The van der Waals surface area contributed by atoms with Crippen molar-refractivity contribution < 1.29 is 0 Å². The van der Waals surface area contributed by atoms with Crippen LogP contribution in [0.4, 0.5) is 0 Å². The van der Waals surface area contributed by atoms with Gasteiger partial charge in [-0.3, -0.25) is 0 Å². The Morgan fingerprint density at radius 2 is 1.81 bits per heavy atom. The van der Waals surface area contributed by atoms with Crippen LogP contribution >= 0.6 is 0 Å². The minimum atomic E-state index is -1.57. The molecule has 2 aliphatic rings. The average molecular weight is 418 g/mol. The zero-order valence-electron chi connectivity index (χ0n) is 18.0. The molecule has 2 N–H and O–H groups in total. The van der Waals surface area contributed by atoms with Gasteiger partial charge in [0.25, 0.3) is 0 Å². The second kappa shape index (κ2) is 7.30. The molecule has 2 aliphatic carbocycles. The van der Waals surface area contributed by atoms with E-state index in [2.05, 4.69) is 60.0 Å². The standard InChI is InChI=1S/C27H23N5/c1-2-32-23-10-6-5-8-19(23)21-13-17(11-12-24(21)32)25-20-9-4-3-7-18(20)22(14-28)26(31)27(25,15-29)16-30/h5-8,10-13,20,25H,2-4,9,31H2,1H3/t20-,25+/m1/s1. The SMILES string of the molecule is CCn1c2ccccc2c2cc([C@H]3[C@@H]4CCCC=C4C(C#N)=C(N)C3(C#N)C#N)ccc21. The van der Waals surface area contributed by atoms with E-state index in [0.717, 1.165) is 53.2 Å². The van der Waals surface area contributed by atoms with Crippen molar-refractivity contribution in [1.82, 2.24) is 4.57 Å². The Labute approximate surface area is 187 Å². The van der Waals surface area contributed by atoms with Crippen LogP contribution in [0.1, 0.15) is 37.7 Å². The highest BCUT2D eigenvalue weighted by Gasteiger charge is 2.53. The number of rotatable bonds is 2. The molecule has 3 aromatic rings. The van der Waals surface area contributed by atoms with Crippen LogP contribution < -0.4 is 5.73 Å². The molecule has 156 valence electrons. The van der Waals surface area contributed by atoms with Crippen molar-refractivity contribution >= 4 is 21.8 Å². The van der Waals surface area contributed by atoms with Gasteiger partial charge in [0, 0.05) is 34.3 Å². The Bertz CT molecular complexity index is 1430. The first kappa shape index (κ1) is 19.9. The smallest absolute Gasteiger partial charge is 0.191 e. The Balaban J connectivity index is 1.82. The van der Waals surface area contributed by atoms with Gasteiger partial charge < -0.3 is 10.3 Å². The first-order valence-corrected chi connectivity index (χ1v) is 11.0. The number of nitrogens with two attached hydrogens (primary N) is 1. The molecule has 1 heterocycles. The van der Waals surface area contributed by atoms with E-state index >= 15 is 0 Å². The van der Waals surface area contributed by atoms with Crippen molar-refractivity contribution in [2.75, 3.05) is 0 Å². The van der Waals surface area contributed by atoms with Crippen LogP contribution in [0.25, 0.3) is 21.8 Å². The van der Waals surface area contributed by atoms with Crippen molar-refractivity contribution in [2.24, 2.45) is 17.1 Å². The normalized spacial score (nSPS) is 22.0. The predicted molar refractivity (Wildman–Crippen MR) is 124 cm³/mol. The summed E-state index contributed by atoms with van der Waals surface area (Å²) >= 11 is 0. The van der Waals surface area contributed by atoms with Crippen molar-refractivity contribution in [3.63, 3.8) is 0 Å². The first-order chi connectivity index (χ1) is 15.6. The molecule has 0 saturated heterocycles. The van der Waals surface area contributed by atoms with E-state index in [0.29, 0.717) is 5.57 Å². The van der Waals surface area contributed by atoms with Crippen LogP contribution in [0.15, 0.2) is 65.4 Å². The molecule has 32 heavy (non-hydrogen) atoms. The maximum absolute atomic E-state index is 10.3. The van der Waals surface area contributed by atoms with Crippen molar-refractivity contribution in [3.8, 4) is 18.2 Å². The molecular weight excluding hydrogens is 394 g/mol. The molecule has 0 spiro atoms. The Morgan fingerprint density at radius 1 is 1.06 bits per heavy atom. The zero-order chi connectivity index (χ0) is 22.5. The lowest BCUT2D eigenvalue weighted by Gasteiger charge is -2.43. The number of para-hydroxylation sites is 1. The highest BCUT2D eigenvalue weighted by atomic mass is 15.0. The van der Waals surface area contributed by atoms with Gasteiger partial charge in [0.1, 0.15) is 6.07 Å². The largest absolute Gasteiger partial charge is 0.399 e. The molecule has 5 heteroatoms. The summed E-state index contributed by atoms with van der Waals surface area (Å²) in [6.07, 6.45) is 4.75. The number of nitrogens with zero attached hydrogens (tertiary/aromatic N) is 4. The topological polar surface area (TPSA) is 102 Å². The third-order valence-corrected chi connectivity index (χ3v) is 7.27. The summed E-state index contributed by atoms with van der Waals surface area (Å²) in [7, 11) is 0. The number of nitriles is 3. The first-order valence-electron chi connectivity index (χ1n) is 11.0. The van der Waals surface area contributed by atoms with Gasteiger partial charge in [-0.2, -0.15) is 15.8 Å². The van der Waals surface area contributed by atoms with Crippen LogP contribution in [0.3, 0.4) is 0 Å². The fraction of sp³-hybridized carbons (Fsp3) is 0.296. The van der Waals surface area contributed by atoms with Gasteiger partial charge in [0.05, 0.1) is 23.4 Å². The Hall–Kier alpha value is -4.01. The lowest BCUT2D eigenvalue weighted by molar-refractivity contribution is 0.318. The van der Waals surface area contributed by atoms with Gasteiger partial charge >= 0.3 is 0 Å². The van der Waals surface area contributed by atoms with E-state index in [1.54, 1.807) is 0 Å². The van der Waals surface area contributed by atoms with Crippen LogP contribution in [0.5, 0.6) is 0 Å². The number of benzene rings is 2. The Morgan fingerprint density at radius 3 is 2.53 bits per heavy atom. The Kier molecular flexibility index (Phi) is 4.54. The number of allylic oxidation sites excluding steroid dienone is 4. The fourth-order valence-corrected chi connectivity index (χ4v) is 5.85. The summed E-state index contributed by atoms with van der Waals surface area (Å²) in [6, 6.07) is 21.2. The highest BCUT2D eigenvalue weighted by molar-refractivity contribution is 6.08. The van der Waals surface area contributed by atoms with Crippen molar-refractivity contribution in [1.29, 1.82) is 15.8 Å². The lowest BCUT2D eigenvalue weighted by Crippen LogP contribution is -2.42. The zero-order valence-corrected chi connectivity index (χ0v) is 18.0. The van der Waals surface area contributed by atoms with Gasteiger partial charge in [-0.05, 0) is 61.4 Å². The van der Waals surface area contributed by atoms with Gasteiger partial charge in [-0.15, -0.1) is 0 Å². The molecule has 0 unspecified atom stereocenters. The van der Waals surface area contributed by atoms with Gasteiger partial charge in [-0.25, -0.2) is 0 Å². The molecule has 0 bridgehead atoms. The molecule has 0 radical (unpaired) electrons. The molecule has 2 atom stereocenters. The maximum Gasteiger partial charge on any atom is 0.191 e. The van der Waals surface area contributed by atoms with E-state index in [4.69, 9.17) is 5.73 Å². The van der Waals surface area contributed by atoms with E-state index in [9.17, 15) is 15.8 Å². The van der Waals surface area contributed by atoms with Crippen LogP contribution in [-0.2, 0) is 6.54 Å². The highest BCUT2D eigenvalue weighted by Crippen LogP contribution is 2.56. The summed E-state index contributed by atoms with van der Waals surface area (Å²) in [5.74, 6) is -0.503. The third-order valence-electron chi connectivity index (χ3n) is 7.27. The van der Waals surface area contributed by atoms with Crippen molar-refractivity contribution in [3.05, 3.63) is 70.9 Å². The maximum atomic E-state index is 10.3. The van der Waals surface area contributed by atoms with Gasteiger partial charge in [0.2, 0.25) is 0 Å². The molecule has 0 aliphatic heterocycles. The minimum Gasteiger partial charge on any atom is -0.399 e. The number of fused-ring (bicyclic) bond motifs is 4. The van der Waals surface area contributed by atoms with Gasteiger partial charge in [0.15, 0.2) is 5.41 Å². The molecular formula is C27H23N5. The van der Waals surface area contributed by atoms with E-state index in [1.807, 2.05) is 18.2 Å². The summed E-state index contributed by atoms with van der Waals surface area (Å²) in [4.78, 5) is 0. The summed E-state index contributed by atoms with van der Waals surface area (Å²) < 4.78 is 2.28. The third kappa shape index (κ3) is 2.47. The second-order valence-corrected chi connectivity index (χ2v) is 8.64. The summed E-state index contributed by atoms with van der Waals surface area (Å²) in [6.45, 7) is 2.98. The number of hydrogen-bond acceptors (Lipinski definition) is 4. The minimum absolute atomic E-state index is 0.0815. The average Bonchev–Trinajstić information content (AvgIpc) is 3.16. The molecule has 0 fully saturated rings. The lowest BCUT2D eigenvalue weighted by atomic mass is 9.56. The molecule has 5 nitrogen and oxygen atoms in total. The van der Waals surface area contributed by atoms with Gasteiger partial charge in [-0.1, -0.05) is 30.3 Å². The predicted octanol–water partition coefficient (Wildman–Crippen LogP) is 5.41. The number of aromatic nitrogens is 1. The monoisotopic (exact) mass is 417 g/mol. The number of aryl methyl sites for hydroxylation is 1. The van der Waals surface area contributed by atoms with E-state index < -0.39 is 11.3 Å². The molecule has 5 rings (SSSR count). The van der Waals surface area contributed by atoms with Crippen molar-refractivity contribution in [2.45, 2.75) is 38.6 Å². The summed E-state index contributed by atoms with van der Waals surface area (Å²) in [5.41, 5.74) is 9.39. The molecule has 0 amide bonds. The van der Waals surface area contributed by atoms with E-state index in [1.165, 1.54) is 5.52 Å². The van der Waals surface area contributed by atoms with Crippen LogP contribution in [-0.4, -0.2) is 4.57 Å². The summed E-state index contributed by atoms with van der Waals surface area (Å²) in [5, 5.41) is 32.6. The second-order valence-electron chi connectivity index (χ2n) is 8.64.